The zero-order valence-electron chi connectivity index (χ0n) is 11.5. The van der Waals surface area contributed by atoms with E-state index >= 15 is 0 Å². The Bertz CT molecular complexity index is 522. The molecule has 3 N–H and O–H groups in total. The van der Waals surface area contributed by atoms with E-state index in [1.54, 1.807) is 6.07 Å². The van der Waals surface area contributed by atoms with Crippen LogP contribution in [-0.4, -0.2) is 5.54 Å². The lowest BCUT2D eigenvalue weighted by Crippen LogP contribution is -2.54. The van der Waals surface area contributed by atoms with Crippen LogP contribution in [0, 0.1) is 23.6 Å². The molecule has 0 heterocycles. The molecule has 0 spiro atoms. The van der Waals surface area contributed by atoms with Crippen molar-refractivity contribution in [3.8, 4) is 0 Å². The average Bonchev–Trinajstić information content (AvgIpc) is 2.34. The number of anilines is 2. The van der Waals surface area contributed by atoms with Crippen LogP contribution in [0.25, 0.3) is 0 Å². The molecule has 1 aromatic rings. The minimum absolute atomic E-state index is 0.145. The van der Waals surface area contributed by atoms with E-state index in [4.69, 9.17) is 17.3 Å². The minimum Gasteiger partial charge on any atom is -0.397 e. The fourth-order valence-corrected chi connectivity index (χ4v) is 5.38. The van der Waals surface area contributed by atoms with Crippen LogP contribution in [0.15, 0.2) is 12.1 Å². The van der Waals surface area contributed by atoms with Crippen molar-refractivity contribution in [3.05, 3.63) is 23.0 Å². The smallest absolute Gasteiger partial charge is 0.143 e. The van der Waals surface area contributed by atoms with Gasteiger partial charge in [0.25, 0.3) is 0 Å². The van der Waals surface area contributed by atoms with Gasteiger partial charge in [-0.3, -0.25) is 0 Å². The van der Waals surface area contributed by atoms with Crippen molar-refractivity contribution in [1.29, 1.82) is 0 Å². The number of hydrogen-bond acceptors (Lipinski definition) is 2. The lowest BCUT2D eigenvalue weighted by molar-refractivity contribution is 0.0107. The molecule has 4 fully saturated rings. The van der Waals surface area contributed by atoms with Crippen LogP contribution in [0.5, 0.6) is 0 Å². The van der Waals surface area contributed by atoms with Crippen LogP contribution >= 0.6 is 11.6 Å². The van der Waals surface area contributed by atoms with Crippen LogP contribution in [-0.2, 0) is 0 Å². The summed E-state index contributed by atoms with van der Waals surface area (Å²) in [5.41, 5.74) is 7.39. The van der Waals surface area contributed by atoms with Gasteiger partial charge in [0.2, 0.25) is 0 Å². The monoisotopic (exact) mass is 294 g/mol. The maximum absolute atomic E-state index is 13.4. The predicted molar refractivity (Wildman–Crippen MR) is 80.3 cm³/mol. The van der Waals surface area contributed by atoms with Gasteiger partial charge in [-0.15, -0.1) is 0 Å². The number of rotatable bonds is 2. The molecule has 5 rings (SSSR count). The molecule has 0 saturated heterocycles. The van der Waals surface area contributed by atoms with Crippen molar-refractivity contribution in [3.63, 3.8) is 0 Å². The maximum Gasteiger partial charge on any atom is 0.143 e. The third kappa shape index (κ3) is 1.98. The van der Waals surface area contributed by atoms with E-state index in [-0.39, 0.29) is 10.6 Å². The predicted octanol–water partition coefficient (Wildman–Crippen LogP) is 4.44. The van der Waals surface area contributed by atoms with Crippen LogP contribution in [0.1, 0.15) is 38.5 Å². The number of nitrogen functional groups attached to an aromatic ring is 1. The van der Waals surface area contributed by atoms with Gasteiger partial charge in [-0.05, 0) is 62.3 Å². The highest BCUT2D eigenvalue weighted by Crippen LogP contribution is 2.56. The third-order valence-electron chi connectivity index (χ3n) is 5.53. The molecule has 4 aliphatic carbocycles. The molecular weight excluding hydrogens is 275 g/mol. The standard InChI is InChI=1S/C16H20ClFN2/c17-12-4-15(14(19)5-13(12)18)20-16-6-9-1-10(7-16)3-11(2-9)8-16/h4-5,9-11,20H,1-3,6-8,19H2. The number of hydrogen-bond donors (Lipinski definition) is 2. The number of benzene rings is 1. The summed E-state index contributed by atoms with van der Waals surface area (Å²) in [6.07, 6.45) is 7.90. The summed E-state index contributed by atoms with van der Waals surface area (Å²) in [6.45, 7) is 0. The number of nitrogens with one attached hydrogen (secondary N) is 1. The Morgan fingerprint density at radius 1 is 1.10 bits per heavy atom. The highest BCUT2D eigenvalue weighted by molar-refractivity contribution is 6.31. The maximum atomic E-state index is 13.4. The summed E-state index contributed by atoms with van der Waals surface area (Å²) in [6, 6.07) is 2.97. The van der Waals surface area contributed by atoms with E-state index in [0.29, 0.717) is 5.69 Å². The van der Waals surface area contributed by atoms with E-state index in [0.717, 1.165) is 23.4 Å². The van der Waals surface area contributed by atoms with Crippen LogP contribution in [0.4, 0.5) is 15.8 Å². The molecule has 2 nitrogen and oxygen atoms in total. The van der Waals surface area contributed by atoms with Gasteiger partial charge in [-0.2, -0.15) is 0 Å². The minimum atomic E-state index is -0.444. The average molecular weight is 295 g/mol. The van der Waals surface area contributed by atoms with Crippen molar-refractivity contribution < 1.29 is 4.39 Å². The summed E-state index contributed by atoms with van der Waals surface area (Å²) in [4.78, 5) is 0. The van der Waals surface area contributed by atoms with Crippen LogP contribution < -0.4 is 11.1 Å². The first-order valence-corrected chi connectivity index (χ1v) is 7.93. The molecule has 0 atom stereocenters. The Labute approximate surface area is 123 Å². The first-order valence-electron chi connectivity index (χ1n) is 7.56. The molecule has 1 aromatic carbocycles. The first kappa shape index (κ1) is 12.8. The Balaban J connectivity index is 1.64. The quantitative estimate of drug-likeness (QED) is 0.791. The second kappa shape index (κ2) is 4.27. The van der Waals surface area contributed by atoms with Crippen molar-refractivity contribution >= 4 is 23.0 Å². The number of nitrogens with two attached hydrogens (primary N) is 1. The molecule has 20 heavy (non-hydrogen) atoms. The summed E-state index contributed by atoms with van der Waals surface area (Å²) < 4.78 is 13.4. The van der Waals surface area contributed by atoms with Crippen molar-refractivity contribution in [1.82, 2.24) is 0 Å². The summed E-state index contributed by atoms with van der Waals surface area (Å²) >= 11 is 5.90. The fraction of sp³-hybridized carbons (Fsp3) is 0.625. The second-order valence-electron chi connectivity index (χ2n) is 7.18. The normalized spacial score (nSPS) is 38.2. The van der Waals surface area contributed by atoms with Gasteiger partial charge >= 0.3 is 0 Å². The Kier molecular flexibility index (Phi) is 2.72. The topological polar surface area (TPSA) is 38.0 Å². The van der Waals surface area contributed by atoms with Gasteiger partial charge in [0.15, 0.2) is 0 Å². The lowest BCUT2D eigenvalue weighted by Gasteiger charge is -2.57. The van der Waals surface area contributed by atoms with Crippen molar-refractivity contribution in [2.45, 2.75) is 44.1 Å². The molecule has 4 aliphatic rings. The van der Waals surface area contributed by atoms with Crippen molar-refractivity contribution in [2.75, 3.05) is 11.1 Å². The molecule has 0 aliphatic heterocycles. The van der Waals surface area contributed by atoms with Gasteiger partial charge in [0, 0.05) is 11.6 Å². The highest BCUT2D eigenvalue weighted by Gasteiger charge is 2.51. The van der Waals surface area contributed by atoms with Gasteiger partial charge in [0.05, 0.1) is 16.4 Å². The molecule has 108 valence electrons. The largest absolute Gasteiger partial charge is 0.397 e. The molecule has 0 aromatic heterocycles. The molecule has 0 radical (unpaired) electrons. The Morgan fingerprint density at radius 3 is 2.20 bits per heavy atom. The molecule has 4 saturated carbocycles. The molecule has 0 amide bonds. The summed E-state index contributed by atoms with van der Waals surface area (Å²) in [5.74, 6) is 2.16. The Hall–Kier alpha value is -0.960. The van der Waals surface area contributed by atoms with Crippen LogP contribution in [0.3, 0.4) is 0 Å². The third-order valence-corrected chi connectivity index (χ3v) is 5.82. The molecule has 4 bridgehead atoms. The van der Waals surface area contributed by atoms with E-state index < -0.39 is 5.82 Å². The van der Waals surface area contributed by atoms with Crippen molar-refractivity contribution in [2.24, 2.45) is 17.8 Å². The van der Waals surface area contributed by atoms with Crippen LogP contribution in [0.2, 0.25) is 5.02 Å². The van der Waals surface area contributed by atoms with Gasteiger partial charge < -0.3 is 11.1 Å². The van der Waals surface area contributed by atoms with E-state index in [1.807, 2.05) is 0 Å². The Morgan fingerprint density at radius 2 is 1.65 bits per heavy atom. The lowest BCUT2D eigenvalue weighted by atomic mass is 9.53. The zero-order chi connectivity index (χ0) is 13.9. The second-order valence-corrected chi connectivity index (χ2v) is 7.58. The van der Waals surface area contributed by atoms with Gasteiger partial charge in [-0.1, -0.05) is 11.6 Å². The van der Waals surface area contributed by atoms with E-state index in [1.165, 1.54) is 44.6 Å². The van der Waals surface area contributed by atoms with Gasteiger partial charge in [0.1, 0.15) is 5.82 Å². The fourth-order valence-electron chi connectivity index (χ4n) is 5.22. The molecule has 4 heteroatoms. The number of halogens is 2. The van der Waals surface area contributed by atoms with E-state index in [9.17, 15) is 4.39 Å². The first-order chi connectivity index (χ1) is 9.53. The van der Waals surface area contributed by atoms with Gasteiger partial charge in [-0.25, -0.2) is 4.39 Å². The highest BCUT2D eigenvalue weighted by atomic mass is 35.5. The zero-order valence-corrected chi connectivity index (χ0v) is 12.2. The summed E-state index contributed by atoms with van der Waals surface area (Å²) in [5, 5.41) is 3.79. The molecular formula is C16H20ClFN2. The SMILES string of the molecule is Nc1cc(F)c(Cl)cc1NC12CC3CC(CC(C3)C1)C2. The van der Waals surface area contributed by atoms with E-state index in [2.05, 4.69) is 5.32 Å². The molecule has 0 unspecified atom stereocenters. The summed E-state index contributed by atoms with van der Waals surface area (Å²) in [7, 11) is 0.